The van der Waals surface area contributed by atoms with Gasteiger partial charge in [-0.25, -0.2) is 4.39 Å². The lowest BCUT2D eigenvalue weighted by Gasteiger charge is -2.07. The van der Waals surface area contributed by atoms with E-state index in [1.807, 2.05) is 24.3 Å². The molecule has 7 nitrogen and oxygen atoms in total. The molecule has 0 aliphatic rings. The van der Waals surface area contributed by atoms with E-state index in [0.29, 0.717) is 42.3 Å². The molecule has 1 amide bonds. The summed E-state index contributed by atoms with van der Waals surface area (Å²) in [5, 5.41) is 11.7. The van der Waals surface area contributed by atoms with Gasteiger partial charge < -0.3 is 5.32 Å². The SMILES string of the molecule is O=C(CCCc1nnc2c(=O)n(-c3ccc(F)cc3)ccn12)NCCc1ccc(Cl)cc1. The predicted molar refractivity (Wildman–Crippen MR) is 120 cm³/mol. The van der Waals surface area contributed by atoms with Crippen molar-refractivity contribution in [1.82, 2.24) is 24.5 Å². The Hall–Kier alpha value is -3.52. The number of aromatic nitrogens is 4. The summed E-state index contributed by atoms with van der Waals surface area (Å²) >= 11 is 5.87. The summed E-state index contributed by atoms with van der Waals surface area (Å²) < 4.78 is 16.2. The summed E-state index contributed by atoms with van der Waals surface area (Å²) in [6.45, 7) is 0.553. The molecule has 0 fully saturated rings. The van der Waals surface area contributed by atoms with Gasteiger partial charge in [-0.1, -0.05) is 23.7 Å². The number of carbonyl (C=O) groups is 1. The molecule has 9 heteroatoms. The van der Waals surface area contributed by atoms with Crippen LogP contribution in [0.1, 0.15) is 24.2 Å². The smallest absolute Gasteiger partial charge is 0.300 e. The summed E-state index contributed by atoms with van der Waals surface area (Å²) in [4.78, 5) is 24.8. The monoisotopic (exact) mass is 453 g/mol. The van der Waals surface area contributed by atoms with Crippen molar-refractivity contribution >= 4 is 23.2 Å². The molecule has 0 bridgehead atoms. The number of nitrogens with zero attached hydrogens (tertiary/aromatic N) is 4. The number of hydrogen-bond donors (Lipinski definition) is 1. The molecule has 0 saturated heterocycles. The molecule has 0 saturated carbocycles. The summed E-state index contributed by atoms with van der Waals surface area (Å²) in [7, 11) is 0. The molecule has 0 spiro atoms. The van der Waals surface area contributed by atoms with Gasteiger partial charge in [-0.3, -0.25) is 18.6 Å². The second-order valence-corrected chi connectivity index (χ2v) is 7.78. The van der Waals surface area contributed by atoms with Gasteiger partial charge in [-0.05, 0) is 54.8 Å². The Morgan fingerprint density at radius 1 is 1.00 bits per heavy atom. The lowest BCUT2D eigenvalue weighted by molar-refractivity contribution is -0.121. The molecule has 4 aromatic rings. The first-order chi connectivity index (χ1) is 15.5. The van der Waals surface area contributed by atoms with Crippen LogP contribution in [0.5, 0.6) is 0 Å². The number of rotatable bonds is 8. The van der Waals surface area contributed by atoms with Crippen LogP contribution in [0.2, 0.25) is 5.02 Å². The van der Waals surface area contributed by atoms with E-state index in [4.69, 9.17) is 11.6 Å². The van der Waals surface area contributed by atoms with Crippen molar-refractivity contribution < 1.29 is 9.18 Å². The maximum absolute atomic E-state index is 13.1. The van der Waals surface area contributed by atoms with Crippen molar-refractivity contribution in [2.45, 2.75) is 25.7 Å². The fourth-order valence-corrected chi connectivity index (χ4v) is 3.53. The summed E-state index contributed by atoms with van der Waals surface area (Å²) in [5.41, 5.74) is 1.48. The van der Waals surface area contributed by atoms with E-state index in [1.54, 1.807) is 16.8 Å². The molecule has 2 heterocycles. The van der Waals surface area contributed by atoms with Gasteiger partial charge in [0.2, 0.25) is 11.6 Å². The Kier molecular flexibility index (Phi) is 6.61. The zero-order valence-corrected chi connectivity index (χ0v) is 17.9. The van der Waals surface area contributed by atoms with Crippen molar-refractivity contribution in [2.24, 2.45) is 0 Å². The molecule has 4 rings (SSSR count). The largest absolute Gasteiger partial charge is 0.356 e. The second kappa shape index (κ2) is 9.74. The summed E-state index contributed by atoms with van der Waals surface area (Å²) in [6, 6.07) is 13.2. The highest BCUT2D eigenvalue weighted by Gasteiger charge is 2.12. The molecule has 0 radical (unpaired) electrons. The topological polar surface area (TPSA) is 81.3 Å². The van der Waals surface area contributed by atoms with Crippen molar-refractivity contribution in [3.8, 4) is 5.69 Å². The third-order valence-corrected chi connectivity index (χ3v) is 5.35. The normalized spacial score (nSPS) is 11.1. The fraction of sp³-hybridized carbons (Fsp3) is 0.217. The van der Waals surface area contributed by atoms with Gasteiger partial charge in [-0.15, -0.1) is 10.2 Å². The minimum absolute atomic E-state index is 0.0357. The highest BCUT2D eigenvalue weighted by atomic mass is 35.5. The number of nitrogens with one attached hydrogen (secondary N) is 1. The van der Waals surface area contributed by atoms with E-state index in [1.165, 1.54) is 28.8 Å². The third-order valence-electron chi connectivity index (χ3n) is 5.10. The van der Waals surface area contributed by atoms with Crippen LogP contribution < -0.4 is 10.9 Å². The van der Waals surface area contributed by atoms with Crippen molar-refractivity contribution in [1.29, 1.82) is 0 Å². The van der Waals surface area contributed by atoms with E-state index in [9.17, 15) is 14.0 Å². The molecule has 32 heavy (non-hydrogen) atoms. The number of aryl methyl sites for hydroxylation is 1. The van der Waals surface area contributed by atoms with Crippen LogP contribution in [0.15, 0.2) is 65.7 Å². The van der Waals surface area contributed by atoms with E-state index in [-0.39, 0.29) is 22.9 Å². The molecule has 0 unspecified atom stereocenters. The Morgan fingerprint density at radius 3 is 2.50 bits per heavy atom. The van der Waals surface area contributed by atoms with Gasteiger partial charge in [-0.2, -0.15) is 0 Å². The average Bonchev–Trinajstić information content (AvgIpc) is 3.20. The van der Waals surface area contributed by atoms with Crippen LogP contribution in [0.25, 0.3) is 11.3 Å². The van der Waals surface area contributed by atoms with E-state index in [2.05, 4.69) is 15.5 Å². The molecule has 2 aromatic carbocycles. The number of halogens is 2. The van der Waals surface area contributed by atoms with Crippen molar-refractivity contribution in [3.05, 3.63) is 93.5 Å². The van der Waals surface area contributed by atoms with Crippen LogP contribution >= 0.6 is 11.6 Å². The average molecular weight is 454 g/mol. The van der Waals surface area contributed by atoms with Gasteiger partial charge in [0.05, 0.1) is 0 Å². The highest BCUT2D eigenvalue weighted by molar-refractivity contribution is 6.30. The van der Waals surface area contributed by atoms with Crippen molar-refractivity contribution in [2.75, 3.05) is 6.54 Å². The highest BCUT2D eigenvalue weighted by Crippen LogP contribution is 2.11. The molecule has 1 N–H and O–H groups in total. The number of benzene rings is 2. The van der Waals surface area contributed by atoms with Crippen molar-refractivity contribution in [3.63, 3.8) is 0 Å². The van der Waals surface area contributed by atoms with Crippen LogP contribution in [-0.2, 0) is 17.6 Å². The first kappa shape index (κ1) is 21.7. The summed E-state index contributed by atoms with van der Waals surface area (Å²) in [5.74, 6) is 0.199. The fourth-order valence-electron chi connectivity index (χ4n) is 3.40. The molecule has 0 aliphatic heterocycles. The van der Waals surface area contributed by atoms with Gasteiger partial charge in [0.15, 0.2) is 0 Å². The minimum Gasteiger partial charge on any atom is -0.356 e. The number of fused-ring (bicyclic) bond motifs is 1. The summed E-state index contributed by atoms with van der Waals surface area (Å²) in [6.07, 6.45) is 5.46. The van der Waals surface area contributed by atoms with Gasteiger partial charge in [0.25, 0.3) is 0 Å². The van der Waals surface area contributed by atoms with Crippen LogP contribution in [0, 0.1) is 5.82 Å². The number of amides is 1. The molecular formula is C23H21ClFN5O2. The van der Waals surface area contributed by atoms with Gasteiger partial charge in [0, 0.05) is 42.5 Å². The Bertz CT molecular complexity index is 1280. The Labute approximate surface area is 188 Å². The minimum atomic E-state index is -0.373. The Balaban J connectivity index is 1.32. The van der Waals surface area contributed by atoms with E-state index in [0.717, 1.165) is 12.0 Å². The van der Waals surface area contributed by atoms with E-state index >= 15 is 0 Å². The quantitative estimate of drug-likeness (QED) is 0.443. The Morgan fingerprint density at radius 2 is 1.75 bits per heavy atom. The zero-order valence-electron chi connectivity index (χ0n) is 17.2. The lowest BCUT2D eigenvalue weighted by Crippen LogP contribution is -2.25. The van der Waals surface area contributed by atoms with Crippen LogP contribution in [0.3, 0.4) is 0 Å². The molecular weight excluding hydrogens is 433 g/mol. The third kappa shape index (κ3) is 5.03. The number of carbonyl (C=O) groups excluding carboxylic acids is 1. The van der Waals surface area contributed by atoms with Gasteiger partial charge >= 0.3 is 5.56 Å². The van der Waals surface area contributed by atoms with Crippen LogP contribution in [0.4, 0.5) is 4.39 Å². The number of hydrogen-bond acceptors (Lipinski definition) is 4. The maximum Gasteiger partial charge on any atom is 0.300 e. The molecule has 164 valence electrons. The molecule has 0 atom stereocenters. The molecule has 0 aliphatic carbocycles. The standard InChI is InChI=1S/C23H21ClFN5O2/c24-17-6-4-16(5-7-17)12-13-26-21(31)3-1-2-20-27-28-22-23(32)29(14-15-30(20)22)19-10-8-18(25)9-11-19/h4-11,14-15H,1-3,12-13H2,(H,26,31). The molecule has 2 aromatic heterocycles. The maximum atomic E-state index is 13.1. The van der Waals surface area contributed by atoms with Gasteiger partial charge in [0.1, 0.15) is 11.6 Å². The zero-order chi connectivity index (χ0) is 22.5. The van der Waals surface area contributed by atoms with Crippen LogP contribution in [-0.4, -0.2) is 31.6 Å². The predicted octanol–water partition coefficient (Wildman–Crippen LogP) is 3.35. The lowest BCUT2D eigenvalue weighted by atomic mass is 10.1. The second-order valence-electron chi connectivity index (χ2n) is 7.34. The first-order valence-electron chi connectivity index (χ1n) is 10.2. The van der Waals surface area contributed by atoms with E-state index < -0.39 is 0 Å². The first-order valence-corrected chi connectivity index (χ1v) is 10.6.